The Morgan fingerprint density at radius 2 is 2.17 bits per heavy atom. The lowest BCUT2D eigenvalue weighted by atomic mass is 9.91. The first kappa shape index (κ1) is 15.6. The zero-order valence-electron chi connectivity index (χ0n) is 13.0. The minimum Gasteiger partial charge on any atom is -0.340 e. The van der Waals surface area contributed by atoms with Crippen molar-refractivity contribution in [1.82, 2.24) is 19.9 Å². The van der Waals surface area contributed by atoms with E-state index in [1.54, 1.807) is 6.92 Å². The smallest absolute Gasteiger partial charge is 0.264 e. The van der Waals surface area contributed by atoms with Gasteiger partial charge in [-0.1, -0.05) is 11.7 Å². The number of nitrogens with zero attached hydrogens (tertiary/aromatic N) is 4. The molecule has 2 aliphatic rings. The van der Waals surface area contributed by atoms with E-state index in [9.17, 15) is 14.0 Å². The molecule has 2 aliphatic heterocycles. The van der Waals surface area contributed by atoms with Crippen LogP contribution in [0.3, 0.4) is 0 Å². The highest BCUT2D eigenvalue weighted by Crippen LogP contribution is 2.32. The quantitative estimate of drug-likeness (QED) is 0.770. The van der Waals surface area contributed by atoms with Crippen LogP contribution in [0.25, 0.3) is 0 Å². The van der Waals surface area contributed by atoms with Crippen molar-refractivity contribution in [3.8, 4) is 0 Å². The van der Waals surface area contributed by atoms with Crippen LogP contribution in [-0.2, 0) is 9.59 Å². The maximum Gasteiger partial charge on any atom is 0.264 e. The zero-order valence-corrected chi connectivity index (χ0v) is 13.0. The fraction of sp³-hybridized carbons (Fsp3) is 0.600. The Balaban J connectivity index is 1.64. The molecule has 23 heavy (non-hydrogen) atoms. The lowest BCUT2D eigenvalue weighted by Crippen LogP contribution is -2.68. The van der Waals surface area contributed by atoms with Gasteiger partial charge in [0.1, 0.15) is 0 Å². The minimum atomic E-state index is -1.99. The number of hydrogen-bond acceptors (Lipinski definition) is 5. The Morgan fingerprint density at radius 3 is 2.78 bits per heavy atom. The van der Waals surface area contributed by atoms with E-state index in [0.29, 0.717) is 24.8 Å². The number of alkyl halides is 1. The summed E-state index contributed by atoms with van der Waals surface area (Å²) < 4.78 is 19.7. The summed E-state index contributed by atoms with van der Waals surface area (Å²) in [6, 6.07) is 0. The molecule has 1 aromatic rings. The lowest BCUT2D eigenvalue weighted by molar-refractivity contribution is -0.162. The third-order valence-electron chi connectivity index (χ3n) is 4.37. The van der Waals surface area contributed by atoms with Crippen LogP contribution in [0, 0.1) is 6.92 Å². The number of hydrogen-bond donors (Lipinski definition) is 0. The Hall–Kier alpha value is -2.25. The molecule has 0 N–H and O–H groups in total. The average Bonchev–Trinajstić information content (AvgIpc) is 2.97. The normalized spacial score (nSPS) is 23.3. The van der Waals surface area contributed by atoms with Gasteiger partial charge in [0.2, 0.25) is 17.5 Å². The highest BCUT2D eigenvalue weighted by molar-refractivity contribution is 5.93. The molecule has 7 nitrogen and oxygen atoms in total. The molecule has 3 heterocycles. The van der Waals surface area contributed by atoms with Gasteiger partial charge in [-0.25, -0.2) is 4.39 Å². The van der Waals surface area contributed by atoms with Crippen molar-refractivity contribution < 1.29 is 18.5 Å². The van der Waals surface area contributed by atoms with Crippen LogP contribution in [0.2, 0.25) is 0 Å². The second-order valence-corrected chi connectivity index (χ2v) is 6.13. The molecule has 124 valence electrons. The van der Waals surface area contributed by atoms with Crippen molar-refractivity contribution in [1.29, 1.82) is 0 Å². The van der Waals surface area contributed by atoms with Crippen LogP contribution in [0.5, 0.6) is 0 Å². The first-order valence-electron chi connectivity index (χ1n) is 7.63. The zero-order chi connectivity index (χ0) is 16.6. The van der Waals surface area contributed by atoms with Crippen molar-refractivity contribution in [2.45, 2.75) is 31.4 Å². The van der Waals surface area contributed by atoms with Gasteiger partial charge in [0, 0.05) is 25.9 Å². The molecule has 0 spiro atoms. The molecule has 2 saturated heterocycles. The fourth-order valence-electron chi connectivity index (χ4n) is 3.12. The van der Waals surface area contributed by atoms with Crippen LogP contribution in [-0.4, -0.2) is 63.6 Å². The molecule has 3 rings (SSSR count). The van der Waals surface area contributed by atoms with Gasteiger partial charge in [-0.2, -0.15) is 4.98 Å². The third kappa shape index (κ3) is 2.85. The second-order valence-electron chi connectivity index (χ2n) is 6.13. The second kappa shape index (κ2) is 5.75. The number of amides is 2. The maximum absolute atomic E-state index is 14.7. The molecule has 0 radical (unpaired) electrons. The summed E-state index contributed by atoms with van der Waals surface area (Å²) in [6.07, 6.45) is 2.72. The lowest BCUT2D eigenvalue weighted by Gasteiger charge is -2.45. The van der Waals surface area contributed by atoms with Crippen molar-refractivity contribution >= 4 is 11.8 Å². The Labute approximate surface area is 133 Å². The Morgan fingerprint density at radius 1 is 1.43 bits per heavy atom. The highest BCUT2D eigenvalue weighted by atomic mass is 19.1. The van der Waals surface area contributed by atoms with Gasteiger partial charge in [-0.05, 0) is 18.9 Å². The SMILES string of the molecule is C=CC(=O)N1CC(F)(C(=O)N2CCCC(c3noc(C)n3)C2)C1. The molecule has 0 bridgehead atoms. The van der Waals surface area contributed by atoms with Crippen molar-refractivity contribution in [2.24, 2.45) is 0 Å². The summed E-state index contributed by atoms with van der Waals surface area (Å²) in [6.45, 7) is 5.53. The van der Waals surface area contributed by atoms with Crippen molar-refractivity contribution in [3.63, 3.8) is 0 Å². The van der Waals surface area contributed by atoms with E-state index in [1.807, 2.05) is 0 Å². The van der Waals surface area contributed by atoms with E-state index in [2.05, 4.69) is 16.7 Å². The maximum atomic E-state index is 14.7. The number of likely N-dealkylation sites (tertiary alicyclic amines) is 2. The molecule has 0 aromatic carbocycles. The van der Waals surface area contributed by atoms with Crippen molar-refractivity contribution in [3.05, 3.63) is 24.4 Å². The molecule has 8 heteroatoms. The molecular weight excluding hydrogens is 303 g/mol. The Kier molecular flexibility index (Phi) is 3.91. The number of aryl methyl sites for hydroxylation is 1. The third-order valence-corrected chi connectivity index (χ3v) is 4.37. The average molecular weight is 322 g/mol. The van der Waals surface area contributed by atoms with Crippen LogP contribution in [0.4, 0.5) is 4.39 Å². The molecule has 1 unspecified atom stereocenters. The summed E-state index contributed by atoms with van der Waals surface area (Å²) in [7, 11) is 0. The number of carbonyl (C=O) groups is 2. The van der Waals surface area contributed by atoms with E-state index in [0.717, 1.165) is 18.9 Å². The van der Waals surface area contributed by atoms with E-state index in [-0.39, 0.29) is 24.9 Å². The van der Waals surface area contributed by atoms with Crippen LogP contribution in [0.15, 0.2) is 17.2 Å². The molecule has 0 saturated carbocycles. The number of halogens is 1. The summed E-state index contributed by atoms with van der Waals surface area (Å²) >= 11 is 0. The topological polar surface area (TPSA) is 79.5 Å². The number of piperidine rings is 1. The first-order chi connectivity index (χ1) is 10.9. The van der Waals surface area contributed by atoms with Crippen LogP contribution < -0.4 is 0 Å². The number of aromatic nitrogens is 2. The van der Waals surface area contributed by atoms with E-state index in [1.165, 1.54) is 9.80 Å². The monoisotopic (exact) mass is 322 g/mol. The fourth-order valence-corrected chi connectivity index (χ4v) is 3.12. The standard InChI is InChI=1S/C15H19FN4O3/c1-3-12(21)20-8-15(16,9-20)14(22)19-6-4-5-11(7-19)13-17-10(2)23-18-13/h3,11H,1,4-9H2,2H3. The Bertz CT molecular complexity index is 638. The van der Waals surface area contributed by atoms with E-state index < -0.39 is 11.6 Å². The molecule has 1 atom stereocenters. The first-order valence-corrected chi connectivity index (χ1v) is 7.63. The molecule has 2 fully saturated rings. The molecule has 1 aromatic heterocycles. The van der Waals surface area contributed by atoms with E-state index in [4.69, 9.17) is 4.52 Å². The van der Waals surface area contributed by atoms with Gasteiger partial charge >= 0.3 is 0 Å². The van der Waals surface area contributed by atoms with Gasteiger partial charge in [-0.3, -0.25) is 9.59 Å². The van der Waals surface area contributed by atoms with Gasteiger partial charge in [0.15, 0.2) is 5.82 Å². The largest absolute Gasteiger partial charge is 0.340 e. The molecular formula is C15H19FN4O3. The van der Waals surface area contributed by atoms with Crippen molar-refractivity contribution in [2.75, 3.05) is 26.2 Å². The van der Waals surface area contributed by atoms with Crippen LogP contribution in [0.1, 0.15) is 30.5 Å². The minimum absolute atomic E-state index is 0.0419. The summed E-state index contributed by atoms with van der Waals surface area (Å²) in [5.74, 6) is 0.0769. The van der Waals surface area contributed by atoms with Crippen LogP contribution >= 0.6 is 0 Å². The van der Waals surface area contributed by atoms with E-state index >= 15 is 0 Å². The molecule has 0 aliphatic carbocycles. The predicted molar refractivity (Wildman–Crippen MR) is 78.2 cm³/mol. The number of rotatable bonds is 3. The summed E-state index contributed by atoms with van der Waals surface area (Å²) in [5.41, 5.74) is -1.99. The summed E-state index contributed by atoms with van der Waals surface area (Å²) in [5, 5.41) is 3.89. The highest BCUT2D eigenvalue weighted by Gasteiger charge is 2.53. The predicted octanol–water partition coefficient (Wildman–Crippen LogP) is 0.821. The van der Waals surface area contributed by atoms with Gasteiger partial charge in [0.05, 0.1) is 13.1 Å². The molecule has 2 amide bonds. The number of carbonyl (C=O) groups excluding carboxylic acids is 2. The van der Waals surface area contributed by atoms with Gasteiger partial charge in [-0.15, -0.1) is 0 Å². The summed E-state index contributed by atoms with van der Waals surface area (Å²) in [4.78, 5) is 30.9. The van der Waals surface area contributed by atoms with Gasteiger partial charge in [0.25, 0.3) is 5.91 Å². The van der Waals surface area contributed by atoms with Gasteiger partial charge < -0.3 is 14.3 Å².